The van der Waals surface area contributed by atoms with Crippen LogP contribution >= 0.6 is 15.9 Å². The SMILES string of the molecule is Cc1cc(C)c(C)c(OCCNC(=O)CBr)c1. The van der Waals surface area contributed by atoms with E-state index in [1.165, 1.54) is 11.1 Å². The summed E-state index contributed by atoms with van der Waals surface area (Å²) < 4.78 is 5.66. The smallest absolute Gasteiger partial charge is 0.230 e. The maximum atomic E-state index is 11.0. The molecule has 0 aliphatic heterocycles. The van der Waals surface area contributed by atoms with Crippen LogP contribution in [-0.2, 0) is 4.79 Å². The van der Waals surface area contributed by atoms with E-state index in [0.717, 1.165) is 11.3 Å². The average molecular weight is 300 g/mol. The van der Waals surface area contributed by atoms with Crippen LogP contribution in [0.5, 0.6) is 5.75 Å². The van der Waals surface area contributed by atoms with E-state index in [2.05, 4.69) is 34.2 Å². The van der Waals surface area contributed by atoms with Crippen LogP contribution in [0.4, 0.5) is 0 Å². The number of carbonyl (C=O) groups is 1. The zero-order valence-corrected chi connectivity index (χ0v) is 12.1. The Morgan fingerprint density at radius 1 is 1.35 bits per heavy atom. The van der Waals surface area contributed by atoms with Crippen LogP contribution < -0.4 is 10.1 Å². The average Bonchev–Trinajstić information content (AvgIpc) is 2.30. The molecule has 0 aliphatic carbocycles. The van der Waals surface area contributed by atoms with Gasteiger partial charge in [-0.2, -0.15) is 0 Å². The predicted octanol–water partition coefficient (Wildman–Crippen LogP) is 2.50. The van der Waals surface area contributed by atoms with Crippen molar-refractivity contribution in [1.29, 1.82) is 0 Å². The van der Waals surface area contributed by atoms with Gasteiger partial charge in [0.1, 0.15) is 12.4 Å². The maximum absolute atomic E-state index is 11.0. The van der Waals surface area contributed by atoms with Gasteiger partial charge in [0.05, 0.1) is 11.9 Å². The van der Waals surface area contributed by atoms with Gasteiger partial charge < -0.3 is 10.1 Å². The Kier molecular flexibility index (Phi) is 5.48. The number of hydrogen-bond donors (Lipinski definition) is 1. The monoisotopic (exact) mass is 299 g/mol. The van der Waals surface area contributed by atoms with Gasteiger partial charge in [0.15, 0.2) is 0 Å². The van der Waals surface area contributed by atoms with Gasteiger partial charge in [-0.3, -0.25) is 4.79 Å². The number of benzene rings is 1. The second-order valence-corrected chi connectivity index (χ2v) is 4.60. The highest BCUT2D eigenvalue weighted by molar-refractivity contribution is 9.09. The molecule has 17 heavy (non-hydrogen) atoms. The van der Waals surface area contributed by atoms with Crippen molar-refractivity contribution >= 4 is 21.8 Å². The fourth-order valence-corrected chi connectivity index (χ4v) is 1.75. The van der Waals surface area contributed by atoms with Crippen molar-refractivity contribution in [3.8, 4) is 5.75 Å². The molecule has 0 heterocycles. The minimum Gasteiger partial charge on any atom is -0.491 e. The first kappa shape index (κ1) is 14.0. The van der Waals surface area contributed by atoms with Crippen LogP contribution in [0.1, 0.15) is 16.7 Å². The molecule has 4 heteroatoms. The fraction of sp³-hybridized carbons (Fsp3) is 0.462. The van der Waals surface area contributed by atoms with Crippen LogP contribution in [0.25, 0.3) is 0 Å². The van der Waals surface area contributed by atoms with E-state index in [9.17, 15) is 4.79 Å². The summed E-state index contributed by atoms with van der Waals surface area (Å²) in [6, 6.07) is 4.16. The minimum atomic E-state index is -0.0225. The molecule has 1 rings (SSSR count). The normalized spacial score (nSPS) is 10.1. The molecule has 0 fully saturated rings. The van der Waals surface area contributed by atoms with Crippen LogP contribution in [0.2, 0.25) is 0 Å². The molecule has 0 saturated heterocycles. The van der Waals surface area contributed by atoms with Gasteiger partial charge in [0.2, 0.25) is 5.91 Å². The number of nitrogens with one attached hydrogen (secondary N) is 1. The van der Waals surface area contributed by atoms with Gasteiger partial charge >= 0.3 is 0 Å². The zero-order valence-electron chi connectivity index (χ0n) is 10.5. The number of hydrogen-bond acceptors (Lipinski definition) is 2. The van der Waals surface area contributed by atoms with Crippen molar-refractivity contribution < 1.29 is 9.53 Å². The third kappa shape index (κ3) is 4.38. The molecule has 0 spiro atoms. The Morgan fingerprint density at radius 3 is 2.71 bits per heavy atom. The molecule has 1 aromatic rings. The molecule has 3 nitrogen and oxygen atoms in total. The lowest BCUT2D eigenvalue weighted by Gasteiger charge is -2.12. The van der Waals surface area contributed by atoms with E-state index in [-0.39, 0.29) is 5.91 Å². The van der Waals surface area contributed by atoms with Gasteiger partial charge in [-0.15, -0.1) is 0 Å². The number of aryl methyl sites for hydroxylation is 2. The van der Waals surface area contributed by atoms with Crippen LogP contribution in [0.3, 0.4) is 0 Å². The maximum Gasteiger partial charge on any atom is 0.230 e. The standard InChI is InChI=1S/C13H18BrNO2/c1-9-6-10(2)11(3)12(7-9)17-5-4-15-13(16)8-14/h6-7H,4-5,8H2,1-3H3,(H,15,16). The Labute approximate surface area is 111 Å². The number of halogens is 1. The van der Waals surface area contributed by atoms with Gasteiger partial charge in [-0.25, -0.2) is 0 Å². The summed E-state index contributed by atoms with van der Waals surface area (Å²) in [5, 5.41) is 3.07. The fourth-order valence-electron chi connectivity index (χ4n) is 1.55. The zero-order chi connectivity index (χ0) is 12.8. The molecular formula is C13H18BrNO2. The van der Waals surface area contributed by atoms with Crippen LogP contribution in [0.15, 0.2) is 12.1 Å². The van der Waals surface area contributed by atoms with Crippen molar-refractivity contribution in [2.45, 2.75) is 20.8 Å². The highest BCUT2D eigenvalue weighted by Gasteiger charge is 2.04. The van der Waals surface area contributed by atoms with Gasteiger partial charge in [0, 0.05) is 0 Å². The van der Waals surface area contributed by atoms with E-state index in [4.69, 9.17) is 4.74 Å². The molecule has 0 radical (unpaired) electrons. The molecule has 1 N–H and O–H groups in total. The summed E-state index contributed by atoms with van der Waals surface area (Å²) in [5.41, 5.74) is 3.57. The van der Waals surface area contributed by atoms with Crippen LogP contribution in [0, 0.1) is 20.8 Å². The second kappa shape index (κ2) is 6.64. The molecule has 0 unspecified atom stereocenters. The van der Waals surface area contributed by atoms with Gasteiger partial charge in [-0.1, -0.05) is 22.0 Å². The second-order valence-electron chi connectivity index (χ2n) is 4.04. The summed E-state index contributed by atoms with van der Waals surface area (Å²) in [5.74, 6) is 0.876. The van der Waals surface area contributed by atoms with Gasteiger partial charge in [0.25, 0.3) is 0 Å². The molecule has 94 valence electrons. The highest BCUT2D eigenvalue weighted by Crippen LogP contribution is 2.22. The van der Waals surface area contributed by atoms with E-state index in [1.807, 2.05) is 19.9 Å². The Hall–Kier alpha value is -1.03. The van der Waals surface area contributed by atoms with Crippen molar-refractivity contribution in [3.05, 3.63) is 28.8 Å². The molecule has 0 aliphatic rings. The number of carbonyl (C=O) groups excluding carboxylic acids is 1. The third-order valence-electron chi connectivity index (χ3n) is 2.57. The molecule has 0 atom stereocenters. The van der Waals surface area contributed by atoms with E-state index < -0.39 is 0 Å². The Balaban J connectivity index is 2.49. The summed E-state index contributed by atoms with van der Waals surface area (Å²) in [6.07, 6.45) is 0. The Morgan fingerprint density at radius 2 is 2.06 bits per heavy atom. The first-order chi connectivity index (χ1) is 8.04. The summed E-state index contributed by atoms with van der Waals surface area (Å²) in [7, 11) is 0. The molecule has 0 bridgehead atoms. The third-order valence-corrected chi connectivity index (χ3v) is 3.08. The molecule has 1 aromatic carbocycles. The van der Waals surface area contributed by atoms with E-state index in [1.54, 1.807) is 0 Å². The van der Waals surface area contributed by atoms with Crippen molar-refractivity contribution in [2.24, 2.45) is 0 Å². The Bertz CT molecular complexity index is 405. The molecule has 0 saturated carbocycles. The summed E-state index contributed by atoms with van der Waals surface area (Å²) in [6.45, 7) is 7.17. The summed E-state index contributed by atoms with van der Waals surface area (Å²) in [4.78, 5) is 11.0. The number of rotatable bonds is 5. The largest absolute Gasteiger partial charge is 0.491 e. The predicted molar refractivity (Wildman–Crippen MR) is 73.0 cm³/mol. The van der Waals surface area contributed by atoms with Crippen LogP contribution in [-0.4, -0.2) is 24.4 Å². The molecule has 0 aromatic heterocycles. The molecule has 1 amide bonds. The quantitative estimate of drug-likeness (QED) is 0.670. The lowest BCUT2D eigenvalue weighted by Crippen LogP contribution is -2.28. The van der Waals surface area contributed by atoms with Crippen molar-refractivity contribution in [2.75, 3.05) is 18.5 Å². The lowest BCUT2D eigenvalue weighted by atomic mass is 10.1. The highest BCUT2D eigenvalue weighted by atomic mass is 79.9. The van der Waals surface area contributed by atoms with E-state index in [0.29, 0.717) is 18.5 Å². The van der Waals surface area contributed by atoms with Crippen molar-refractivity contribution in [3.63, 3.8) is 0 Å². The van der Waals surface area contributed by atoms with E-state index >= 15 is 0 Å². The topological polar surface area (TPSA) is 38.3 Å². The molecular weight excluding hydrogens is 282 g/mol. The van der Waals surface area contributed by atoms with Gasteiger partial charge in [-0.05, 0) is 43.5 Å². The number of alkyl halides is 1. The van der Waals surface area contributed by atoms with Crippen molar-refractivity contribution in [1.82, 2.24) is 5.32 Å². The minimum absolute atomic E-state index is 0.0225. The first-order valence-corrected chi connectivity index (χ1v) is 6.70. The summed E-state index contributed by atoms with van der Waals surface area (Å²) >= 11 is 3.09. The number of amides is 1. The lowest BCUT2D eigenvalue weighted by molar-refractivity contribution is -0.118. The number of ether oxygens (including phenoxy) is 1. The first-order valence-electron chi connectivity index (χ1n) is 5.58.